The second kappa shape index (κ2) is 10.5. The highest BCUT2D eigenvalue weighted by Gasteiger charge is 2.24. The van der Waals surface area contributed by atoms with E-state index in [-0.39, 0.29) is 11.8 Å². The van der Waals surface area contributed by atoms with Crippen LogP contribution >= 0.6 is 0 Å². The topological polar surface area (TPSA) is 59.1 Å². The van der Waals surface area contributed by atoms with Crippen LogP contribution in [0.2, 0.25) is 0 Å². The molecule has 3 rings (SSSR count). The van der Waals surface area contributed by atoms with Gasteiger partial charge in [-0.2, -0.15) is 0 Å². The molecule has 0 radical (unpaired) electrons. The Labute approximate surface area is 172 Å². The van der Waals surface area contributed by atoms with Crippen LogP contribution in [0.15, 0.2) is 54.6 Å². The predicted molar refractivity (Wildman–Crippen MR) is 111 cm³/mol. The number of rotatable bonds is 8. The number of carbonyl (C=O) groups is 2. The Kier molecular flexibility index (Phi) is 7.50. The van der Waals surface area contributed by atoms with Crippen molar-refractivity contribution in [2.45, 2.75) is 19.8 Å². The van der Waals surface area contributed by atoms with Crippen molar-refractivity contribution in [2.24, 2.45) is 0 Å². The van der Waals surface area contributed by atoms with Crippen molar-refractivity contribution >= 4 is 11.8 Å². The number of amides is 2. The summed E-state index contributed by atoms with van der Waals surface area (Å²) in [5.74, 6) is 1.74. The lowest BCUT2D eigenvalue weighted by molar-refractivity contribution is -0.139. The zero-order valence-electron chi connectivity index (χ0n) is 16.9. The van der Waals surface area contributed by atoms with E-state index in [2.05, 4.69) is 0 Å². The van der Waals surface area contributed by atoms with E-state index in [1.54, 1.807) is 0 Å². The number of piperazine rings is 1. The maximum Gasteiger partial charge on any atom is 0.227 e. The van der Waals surface area contributed by atoms with Gasteiger partial charge in [0.1, 0.15) is 11.5 Å². The average molecular weight is 396 g/mol. The summed E-state index contributed by atoms with van der Waals surface area (Å²) < 4.78 is 11.0. The average Bonchev–Trinajstić information content (AvgIpc) is 2.76. The molecule has 2 aromatic rings. The van der Waals surface area contributed by atoms with Crippen LogP contribution < -0.4 is 9.47 Å². The molecule has 0 N–H and O–H groups in total. The second-order valence-electron chi connectivity index (χ2n) is 6.93. The van der Waals surface area contributed by atoms with Gasteiger partial charge in [0, 0.05) is 26.2 Å². The fourth-order valence-corrected chi connectivity index (χ4v) is 3.29. The van der Waals surface area contributed by atoms with Crippen molar-refractivity contribution in [2.75, 3.05) is 39.4 Å². The third-order valence-electron chi connectivity index (χ3n) is 4.90. The summed E-state index contributed by atoms with van der Waals surface area (Å²) in [6.45, 7) is 5.21. The standard InChI is InChI=1S/C23H28N2O4/c1-2-28-21-10-8-19(9-11-21)18-23(27)25-15-13-24(14-16-25)22(26)12-17-29-20-6-4-3-5-7-20/h3-11H,2,12-18H2,1H3. The van der Waals surface area contributed by atoms with Crippen molar-refractivity contribution in [1.29, 1.82) is 0 Å². The Bertz CT molecular complexity index is 784. The van der Waals surface area contributed by atoms with Crippen molar-refractivity contribution in [3.05, 3.63) is 60.2 Å². The van der Waals surface area contributed by atoms with Gasteiger partial charge in [0.15, 0.2) is 0 Å². The lowest BCUT2D eigenvalue weighted by Gasteiger charge is -2.35. The van der Waals surface area contributed by atoms with E-state index >= 15 is 0 Å². The summed E-state index contributed by atoms with van der Waals surface area (Å²) in [4.78, 5) is 28.6. The molecular weight excluding hydrogens is 368 g/mol. The fraction of sp³-hybridized carbons (Fsp3) is 0.391. The number of nitrogens with zero attached hydrogens (tertiary/aromatic N) is 2. The van der Waals surface area contributed by atoms with Gasteiger partial charge in [-0.3, -0.25) is 9.59 Å². The first-order valence-electron chi connectivity index (χ1n) is 10.1. The summed E-state index contributed by atoms with van der Waals surface area (Å²) in [5, 5.41) is 0. The molecule has 154 valence electrons. The van der Waals surface area contributed by atoms with E-state index in [0.29, 0.717) is 52.2 Å². The number of carbonyl (C=O) groups excluding carboxylic acids is 2. The molecule has 6 heteroatoms. The van der Waals surface area contributed by atoms with Gasteiger partial charge in [-0.25, -0.2) is 0 Å². The molecule has 1 fully saturated rings. The van der Waals surface area contributed by atoms with Gasteiger partial charge in [-0.1, -0.05) is 30.3 Å². The number of ether oxygens (including phenoxy) is 2. The predicted octanol–water partition coefficient (Wildman–Crippen LogP) is 2.77. The van der Waals surface area contributed by atoms with Gasteiger partial charge >= 0.3 is 0 Å². The molecule has 2 amide bonds. The van der Waals surface area contributed by atoms with Crippen molar-refractivity contribution in [3.63, 3.8) is 0 Å². The first-order chi connectivity index (χ1) is 14.2. The van der Waals surface area contributed by atoms with Crippen LogP contribution in [-0.2, 0) is 16.0 Å². The number of benzene rings is 2. The van der Waals surface area contributed by atoms with E-state index in [1.165, 1.54) is 0 Å². The molecule has 6 nitrogen and oxygen atoms in total. The summed E-state index contributed by atoms with van der Waals surface area (Å²) in [6, 6.07) is 17.1. The van der Waals surface area contributed by atoms with Crippen molar-refractivity contribution < 1.29 is 19.1 Å². The molecule has 1 aliphatic rings. The molecule has 0 aromatic heterocycles. The number of hydrogen-bond donors (Lipinski definition) is 0. The minimum atomic E-state index is 0.0690. The Morgan fingerprint density at radius 1 is 0.793 bits per heavy atom. The minimum Gasteiger partial charge on any atom is -0.494 e. The highest BCUT2D eigenvalue weighted by atomic mass is 16.5. The van der Waals surface area contributed by atoms with Crippen molar-refractivity contribution in [3.8, 4) is 11.5 Å². The van der Waals surface area contributed by atoms with Gasteiger partial charge in [0.2, 0.25) is 11.8 Å². The molecule has 1 aliphatic heterocycles. The van der Waals surface area contributed by atoms with Gasteiger partial charge in [0.25, 0.3) is 0 Å². The molecule has 0 aliphatic carbocycles. The SMILES string of the molecule is CCOc1ccc(CC(=O)N2CCN(C(=O)CCOc3ccccc3)CC2)cc1. The largest absolute Gasteiger partial charge is 0.494 e. The fourth-order valence-electron chi connectivity index (χ4n) is 3.29. The Morgan fingerprint density at radius 2 is 1.38 bits per heavy atom. The molecule has 0 unspecified atom stereocenters. The van der Waals surface area contributed by atoms with Crippen LogP contribution in [0.1, 0.15) is 18.9 Å². The van der Waals surface area contributed by atoms with Crippen LogP contribution in [0.4, 0.5) is 0 Å². The minimum absolute atomic E-state index is 0.0690. The number of para-hydroxylation sites is 1. The van der Waals surface area contributed by atoms with Crippen LogP contribution in [0, 0.1) is 0 Å². The van der Waals surface area contributed by atoms with Crippen molar-refractivity contribution in [1.82, 2.24) is 9.80 Å². The molecule has 0 bridgehead atoms. The molecule has 1 heterocycles. The van der Waals surface area contributed by atoms with E-state index in [0.717, 1.165) is 17.1 Å². The maximum atomic E-state index is 12.6. The monoisotopic (exact) mass is 396 g/mol. The van der Waals surface area contributed by atoms with E-state index in [4.69, 9.17) is 9.47 Å². The highest BCUT2D eigenvalue weighted by molar-refractivity contribution is 5.80. The summed E-state index contributed by atoms with van der Waals surface area (Å²) in [5.41, 5.74) is 0.968. The molecule has 1 saturated heterocycles. The first kappa shape index (κ1) is 20.7. The van der Waals surface area contributed by atoms with Gasteiger partial charge < -0.3 is 19.3 Å². The Morgan fingerprint density at radius 3 is 2.00 bits per heavy atom. The smallest absolute Gasteiger partial charge is 0.227 e. The zero-order valence-corrected chi connectivity index (χ0v) is 16.9. The van der Waals surface area contributed by atoms with Gasteiger partial charge in [0.05, 0.1) is 26.1 Å². The molecule has 0 atom stereocenters. The quantitative estimate of drug-likeness (QED) is 0.689. The third kappa shape index (κ3) is 6.24. The summed E-state index contributed by atoms with van der Waals surface area (Å²) in [6.07, 6.45) is 0.709. The number of hydrogen-bond acceptors (Lipinski definition) is 4. The second-order valence-corrected chi connectivity index (χ2v) is 6.93. The maximum absolute atomic E-state index is 12.6. The van der Waals surface area contributed by atoms with E-state index in [9.17, 15) is 9.59 Å². The van der Waals surface area contributed by atoms with Gasteiger partial charge in [-0.05, 0) is 36.8 Å². The zero-order chi connectivity index (χ0) is 20.5. The van der Waals surface area contributed by atoms with E-state index in [1.807, 2.05) is 71.3 Å². The van der Waals surface area contributed by atoms with Crippen LogP contribution in [0.5, 0.6) is 11.5 Å². The Hall–Kier alpha value is -3.02. The normalized spacial score (nSPS) is 13.8. The molecular formula is C23H28N2O4. The Balaban J connectivity index is 1.38. The van der Waals surface area contributed by atoms with E-state index < -0.39 is 0 Å². The lowest BCUT2D eigenvalue weighted by atomic mass is 10.1. The third-order valence-corrected chi connectivity index (χ3v) is 4.90. The molecule has 0 saturated carbocycles. The first-order valence-corrected chi connectivity index (χ1v) is 10.1. The van der Waals surface area contributed by atoms with Crippen LogP contribution in [0.25, 0.3) is 0 Å². The van der Waals surface area contributed by atoms with Gasteiger partial charge in [-0.15, -0.1) is 0 Å². The molecule has 29 heavy (non-hydrogen) atoms. The van der Waals surface area contributed by atoms with Crippen LogP contribution in [-0.4, -0.2) is 61.0 Å². The highest BCUT2D eigenvalue weighted by Crippen LogP contribution is 2.14. The summed E-state index contributed by atoms with van der Waals surface area (Å²) >= 11 is 0. The molecule has 2 aromatic carbocycles. The summed E-state index contributed by atoms with van der Waals surface area (Å²) in [7, 11) is 0. The van der Waals surface area contributed by atoms with Crippen LogP contribution in [0.3, 0.4) is 0 Å². The molecule has 0 spiro atoms. The lowest BCUT2D eigenvalue weighted by Crippen LogP contribution is -2.51.